The zero-order valence-corrected chi connectivity index (χ0v) is 11.2. The minimum Gasteiger partial charge on any atom is -0.493 e. The average Bonchev–Trinajstić information content (AvgIpc) is 2.68. The molecule has 0 fully saturated rings. The third-order valence-corrected chi connectivity index (χ3v) is 3.78. The fourth-order valence-electron chi connectivity index (χ4n) is 1.57. The van der Waals surface area contributed by atoms with E-state index in [0.29, 0.717) is 0 Å². The van der Waals surface area contributed by atoms with E-state index in [1.807, 2.05) is 25.1 Å². The number of aryl methyl sites for hydroxylation is 2. The van der Waals surface area contributed by atoms with Crippen LogP contribution in [0.1, 0.15) is 10.6 Å². The van der Waals surface area contributed by atoms with E-state index in [1.165, 1.54) is 4.88 Å². The molecule has 0 amide bonds. The highest BCUT2D eigenvalue weighted by Crippen LogP contribution is 2.34. The first-order chi connectivity index (χ1) is 8.15. The van der Waals surface area contributed by atoms with Crippen molar-refractivity contribution in [3.05, 3.63) is 28.8 Å². The Balaban J connectivity index is 2.46. The molecule has 2 rings (SSSR count). The predicted molar refractivity (Wildman–Crippen MR) is 70.1 cm³/mol. The highest BCUT2D eigenvalue weighted by molar-refractivity contribution is 7.15. The topological polar surface area (TPSA) is 31.4 Å². The lowest BCUT2D eigenvalue weighted by Gasteiger charge is -2.08. The van der Waals surface area contributed by atoms with Crippen molar-refractivity contribution in [1.82, 2.24) is 4.98 Å². The Hall–Kier alpha value is -1.55. The first-order valence-electron chi connectivity index (χ1n) is 5.32. The van der Waals surface area contributed by atoms with Crippen molar-refractivity contribution in [2.24, 2.45) is 0 Å². The summed E-state index contributed by atoms with van der Waals surface area (Å²) in [5.41, 5.74) is 2.14. The molecule has 0 spiro atoms. The number of hydrogen-bond acceptors (Lipinski definition) is 4. The van der Waals surface area contributed by atoms with Gasteiger partial charge in [0.25, 0.3) is 0 Å². The molecule has 0 aliphatic heterocycles. The van der Waals surface area contributed by atoms with Crippen LogP contribution in [0.5, 0.6) is 11.5 Å². The third-order valence-electron chi connectivity index (χ3n) is 2.66. The lowest BCUT2D eigenvalue weighted by atomic mass is 10.2. The Morgan fingerprint density at radius 3 is 2.29 bits per heavy atom. The second-order valence-corrected chi connectivity index (χ2v) is 4.93. The summed E-state index contributed by atoms with van der Waals surface area (Å²) in [6.45, 7) is 4.10. The smallest absolute Gasteiger partial charge is 0.161 e. The Morgan fingerprint density at radius 1 is 1.06 bits per heavy atom. The molecular weight excluding hydrogens is 234 g/mol. The van der Waals surface area contributed by atoms with Gasteiger partial charge < -0.3 is 9.47 Å². The van der Waals surface area contributed by atoms with Gasteiger partial charge in [-0.1, -0.05) is 0 Å². The molecule has 3 nitrogen and oxygen atoms in total. The molecule has 0 saturated heterocycles. The normalized spacial score (nSPS) is 10.4. The Labute approximate surface area is 105 Å². The molecular formula is C13H15NO2S. The van der Waals surface area contributed by atoms with E-state index < -0.39 is 0 Å². The monoisotopic (exact) mass is 249 g/mol. The largest absolute Gasteiger partial charge is 0.493 e. The summed E-state index contributed by atoms with van der Waals surface area (Å²) in [6, 6.07) is 5.86. The fourth-order valence-corrected chi connectivity index (χ4v) is 2.48. The van der Waals surface area contributed by atoms with E-state index >= 15 is 0 Å². The van der Waals surface area contributed by atoms with E-state index in [1.54, 1.807) is 25.6 Å². The van der Waals surface area contributed by atoms with Gasteiger partial charge in [0.05, 0.1) is 19.9 Å². The van der Waals surface area contributed by atoms with Gasteiger partial charge in [0.1, 0.15) is 5.01 Å². The minimum atomic E-state index is 0.732. The highest BCUT2D eigenvalue weighted by Gasteiger charge is 2.10. The van der Waals surface area contributed by atoms with Crippen LogP contribution in [0.25, 0.3) is 10.6 Å². The molecule has 0 saturated carbocycles. The first kappa shape index (κ1) is 11.9. The molecule has 0 aliphatic rings. The van der Waals surface area contributed by atoms with Gasteiger partial charge in [-0.3, -0.25) is 0 Å². The number of rotatable bonds is 3. The van der Waals surface area contributed by atoms with Crippen LogP contribution < -0.4 is 9.47 Å². The van der Waals surface area contributed by atoms with Gasteiger partial charge in [-0.25, -0.2) is 4.98 Å². The van der Waals surface area contributed by atoms with Gasteiger partial charge in [-0.2, -0.15) is 0 Å². The molecule has 1 aromatic heterocycles. The second-order valence-electron chi connectivity index (χ2n) is 3.73. The zero-order valence-electron chi connectivity index (χ0n) is 10.4. The van der Waals surface area contributed by atoms with E-state index in [2.05, 4.69) is 11.9 Å². The maximum Gasteiger partial charge on any atom is 0.161 e. The molecule has 0 atom stereocenters. The Kier molecular flexibility index (Phi) is 3.33. The van der Waals surface area contributed by atoms with E-state index in [9.17, 15) is 0 Å². The van der Waals surface area contributed by atoms with Crippen molar-refractivity contribution in [2.75, 3.05) is 14.2 Å². The van der Waals surface area contributed by atoms with Gasteiger partial charge in [0.2, 0.25) is 0 Å². The summed E-state index contributed by atoms with van der Waals surface area (Å²) in [4.78, 5) is 5.78. The molecule has 0 radical (unpaired) electrons. The van der Waals surface area contributed by atoms with Crippen LogP contribution in [0.15, 0.2) is 18.2 Å². The standard InChI is InChI=1S/C13H15NO2S/c1-8-9(2)17-13(14-8)10-5-6-11(15-3)12(7-10)16-4/h5-7H,1-4H3. The van der Waals surface area contributed by atoms with Crippen molar-refractivity contribution in [3.8, 4) is 22.1 Å². The number of nitrogens with zero attached hydrogens (tertiary/aromatic N) is 1. The Bertz CT molecular complexity index is 515. The summed E-state index contributed by atoms with van der Waals surface area (Å²) in [5.74, 6) is 1.47. The molecule has 0 unspecified atom stereocenters. The third kappa shape index (κ3) is 2.26. The quantitative estimate of drug-likeness (QED) is 0.835. The molecule has 0 N–H and O–H groups in total. The number of ether oxygens (including phenoxy) is 2. The van der Waals surface area contributed by atoms with Crippen LogP contribution in [-0.4, -0.2) is 19.2 Å². The fraction of sp³-hybridized carbons (Fsp3) is 0.308. The SMILES string of the molecule is COc1ccc(-c2nc(C)c(C)s2)cc1OC. The zero-order chi connectivity index (χ0) is 12.4. The number of benzene rings is 1. The van der Waals surface area contributed by atoms with Crippen molar-refractivity contribution >= 4 is 11.3 Å². The van der Waals surface area contributed by atoms with Gasteiger partial charge in [0.15, 0.2) is 11.5 Å². The molecule has 4 heteroatoms. The number of methoxy groups -OCH3 is 2. The molecule has 17 heavy (non-hydrogen) atoms. The summed E-state index contributed by atoms with van der Waals surface area (Å²) < 4.78 is 10.5. The summed E-state index contributed by atoms with van der Waals surface area (Å²) >= 11 is 1.69. The number of hydrogen-bond donors (Lipinski definition) is 0. The van der Waals surface area contributed by atoms with Crippen molar-refractivity contribution in [1.29, 1.82) is 0 Å². The van der Waals surface area contributed by atoms with Gasteiger partial charge >= 0.3 is 0 Å². The molecule has 0 bridgehead atoms. The van der Waals surface area contributed by atoms with Crippen molar-refractivity contribution in [2.45, 2.75) is 13.8 Å². The molecule has 2 aromatic rings. The molecule has 1 aromatic carbocycles. The molecule has 1 heterocycles. The number of aromatic nitrogens is 1. The van der Waals surface area contributed by atoms with Crippen LogP contribution in [0, 0.1) is 13.8 Å². The van der Waals surface area contributed by atoms with Crippen LogP contribution in [0.4, 0.5) is 0 Å². The minimum absolute atomic E-state index is 0.732. The summed E-state index contributed by atoms with van der Waals surface area (Å²) in [7, 11) is 3.27. The maximum atomic E-state index is 5.29. The highest BCUT2D eigenvalue weighted by atomic mass is 32.1. The Morgan fingerprint density at radius 2 is 1.76 bits per heavy atom. The van der Waals surface area contributed by atoms with Crippen LogP contribution >= 0.6 is 11.3 Å². The van der Waals surface area contributed by atoms with Crippen LogP contribution in [-0.2, 0) is 0 Å². The lowest BCUT2D eigenvalue weighted by Crippen LogP contribution is -1.90. The van der Waals surface area contributed by atoms with Gasteiger partial charge in [-0.05, 0) is 32.0 Å². The van der Waals surface area contributed by atoms with Crippen molar-refractivity contribution in [3.63, 3.8) is 0 Å². The predicted octanol–water partition coefficient (Wildman–Crippen LogP) is 3.44. The summed E-state index contributed by atoms with van der Waals surface area (Å²) in [6.07, 6.45) is 0. The molecule has 0 aliphatic carbocycles. The second kappa shape index (κ2) is 4.75. The van der Waals surface area contributed by atoms with E-state index in [0.717, 1.165) is 27.8 Å². The molecule has 90 valence electrons. The first-order valence-corrected chi connectivity index (χ1v) is 6.13. The van der Waals surface area contributed by atoms with Crippen molar-refractivity contribution < 1.29 is 9.47 Å². The van der Waals surface area contributed by atoms with E-state index in [4.69, 9.17) is 9.47 Å². The summed E-state index contributed by atoms with van der Waals surface area (Å²) in [5, 5.41) is 1.01. The van der Waals surface area contributed by atoms with Gasteiger partial charge in [0, 0.05) is 10.4 Å². The van der Waals surface area contributed by atoms with E-state index in [-0.39, 0.29) is 0 Å². The lowest BCUT2D eigenvalue weighted by molar-refractivity contribution is 0.355. The number of thiazole rings is 1. The van der Waals surface area contributed by atoms with Gasteiger partial charge in [-0.15, -0.1) is 11.3 Å². The van der Waals surface area contributed by atoms with Crippen LogP contribution in [0.3, 0.4) is 0 Å². The average molecular weight is 249 g/mol. The maximum absolute atomic E-state index is 5.29. The van der Waals surface area contributed by atoms with Crippen LogP contribution in [0.2, 0.25) is 0 Å².